The van der Waals surface area contributed by atoms with E-state index in [1.165, 1.54) is 18.4 Å². The lowest BCUT2D eigenvalue weighted by Gasteiger charge is -2.30. The Balaban J connectivity index is 1.94. The third-order valence-corrected chi connectivity index (χ3v) is 3.48. The topological polar surface area (TPSA) is 20.3 Å². The molecule has 1 aromatic rings. The standard InChI is InChI=1S/C15H21NO/c1-12-5-7-14(8-6-12)15(17)11-16-9-3-4-13(2)10-16/h5-8,13H,3-4,9-11H2,1-2H3. The van der Waals surface area contributed by atoms with Gasteiger partial charge >= 0.3 is 0 Å². The number of benzene rings is 1. The Morgan fingerprint density at radius 2 is 2.06 bits per heavy atom. The first-order valence-corrected chi connectivity index (χ1v) is 6.47. The zero-order chi connectivity index (χ0) is 12.3. The molecular weight excluding hydrogens is 210 g/mol. The SMILES string of the molecule is Cc1ccc(C(=O)CN2CCCC(C)C2)cc1. The molecule has 1 aromatic carbocycles. The van der Waals surface area contributed by atoms with Crippen LogP contribution in [0.1, 0.15) is 35.7 Å². The third kappa shape index (κ3) is 3.40. The Morgan fingerprint density at radius 3 is 2.71 bits per heavy atom. The molecule has 1 fully saturated rings. The first-order valence-electron chi connectivity index (χ1n) is 6.47. The molecule has 1 atom stereocenters. The van der Waals surface area contributed by atoms with Crippen molar-refractivity contribution in [2.45, 2.75) is 26.7 Å². The normalized spacial score (nSPS) is 21.4. The molecule has 0 spiro atoms. The van der Waals surface area contributed by atoms with Crippen molar-refractivity contribution in [1.82, 2.24) is 4.90 Å². The highest BCUT2D eigenvalue weighted by atomic mass is 16.1. The number of hydrogen-bond acceptors (Lipinski definition) is 2. The van der Waals surface area contributed by atoms with Crippen LogP contribution in [0.2, 0.25) is 0 Å². The second-order valence-electron chi connectivity index (χ2n) is 5.27. The predicted octanol–water partition coefficient (Wildman–Crippen LogP) is 2.91. The van der Waals surface area contributed by atoms with Gasteiger partial charge in [0, 0.05) is 12.1 Å². The molecule has 2 rings (SSSR count). The van der Waals surface area contributed by atoms with Crippen molar-refractivity contribution in [3.8, 4) is 0 Å². The minimum absolute atomic E-state index is 0.249. The second kappa shape index (κ2) is 5.46. The fourth-order valence-corrected chi connectivity index (χ4v) is 2.46. The number of nitrogens with zero attached hydrogens (tertiary/aromatic N) is 1. The molecule has 0 N–H and O–H groups in total. The number of carbonyl (C=O) groups excluding carboxylic acids is 1. The van der Waals surface area contributed by atoms with Gasteiger partial charge < -0.3 is 0 Å². The van der Waals surface area contributed by atoms with Crippen LogP contribution in [-0.2, 0) is 0 Å². The summed E-state index contributed by atoms with van der Waals surface area (Å²) in [4.78, 5) is 14.4. The zero-order valence-electron chi connectivity index (χ0n) is 10.8. The Bertz CT molecular complexity index is 382. The number of carbonyl (C=O) groups is 1. The quantitative estimate of drug-likeness (QED) is 0.745. The third-order valence-electron chi connectivity index (χ3n) is 3.48. The van der Waals surface area contributed by atoms with Crippen molar-refractivity contribution in [1.29, 1.82) is 0 Å². The lowest BCUT2D eigenvalue weighted by Crippen LogP contribution is -2.37. The summed E-state index contributed by atoms with van der Waals surface area (Å²) in [6.45, 7) is 7.02. The number of ketones is 1. The minimum atomic E-state index is 0.249. The summed E-state index contributed by atoms with van der Waals surface area (Å²) < 4.78 is 0. The molecule has 0 bridgehead atoms. The van der Waals surface area contributed by atoms with Gasteiger partial charge in [-0.2, -0.15) is 0 Å². The molecule has 0 aromatic heterocycles. The van der Waals surface area contributed by atoms with Gasteiger partial charge in [0.2, 0.25) is 0 Å². The van der Waals surface area contributed by atoms with E-state index in [9.17, 15) is 4.79 Å². The molecule has 0 aliphatic carbocycles. The maximum absolute atomic E-state index is 12.1. The van der Waals surface area contributed by atoms with Gasteiger partial charge in [0.05, 0.1) is 6.54 Å². The van der Waals surface area contributed by atoms with Gasteiger partial charge in [-0.1, -0.05) is 36.8 Å². The summed E-state index contributed by atoms with van der Waals surface area (Å²) in [5.74, 6) is 0.980. The van der Waals surface area contributed by atoms with Gasteiger partial charge in [-0.25, -0.2) is 0 Å². The van der Waals surface area contributed by atoms with E-state index >= 15 is 0 Å². The highest BCUT2D eigenvalue weighted by Crippen LogP contribution is 2.16. The molecule has 0 radical (unpaired) electrons. The first kappa shape index (κ1) is 12.3. The Kier molecular flexibility index (Phi) is 3.95. The van der Waals surface area contributed by atoms with Crippen molar-refractivity contribution < 1.29 is 4.79 Å². The Morgan fingerprint density at radius 1 is 1.35 bits per heavy atom. The molecule has 0 amide bonds. The lowest BCUT2D eigenvalue weighted by molar-refractivity contribution is 0.0893. The van der Waals surface area contributed by atoms with Crippen LogP contribution in [0.25, 0.3) is 0 Å². The second-order valence-corrected chi connectivity index (χ2v) is 5.27. The van der Waals surface area contributed by atoms with Crippen molar-refractivity contribution in [3.05, 3.63) is 35.4 Å². The first-order chi connectivity index (χ1) is 8.15. The fraction of sp³-hybridized carbons (Fsp3) is 0.533. The molecule has 2 nitrogen and oxygen atoms in total. The van der Waals surface area contributed by atoms with E-state index in [4.69, 9.17) is 0 Å². The van der Waals surface area contributed by atoms with Crippen LogP contribution in [0.15, 0.2) is 24.3 Å². The molecule has 1 aliphatic rings. The molecule has 17 heavy (non-hydrogen) atoms. The maximum atomic E-state index is 12.1. The molecule has 0 saturated carbocycles. The average molecular weight is 231 g/mol. The van der Waals surface area contributed by atoms with Crippen LogP contribution in [0.3, 0.4) is 0 Å². The highest BCUT2D eigenvalue weighted by Gasteiger charge is 2.18. The zero-order valence-corrected chi connectivity index (χ0v) is 10.8. The van der Waals surface area contributed by atoms with Gasteiger partial charge in [-0.05, 0) is 32.2 Å². The lowest BCUT2D eigenvalue weighted by atomic mass is 9.99. The van der Waals surface area contributed by atoms with E-state index in [1.54, 1.807) is 0 Å². The largest absolute Gasteiger partial charge is 0.296 e. The van der Waals surface area contributed by atoms with Gasteiger partial charge in [0.25, 0.3) is 0 Å². The summed E-state index contributed by atoms with van der Waals surface area (Å²) in [5, 5.41) is 0. The maximum Gasteiger partial charge on any atom is 0.176 e. The molecule has 2 heteroatoms. The fourth-order valence-electron chi connectivity index (χ4n) is 2.46. The number of likely N-dealkylation sites (tertiary alicyclic amines) is 1. The van der Waals surface area contributed by atoms with Crippen LogP contribution in [0.5, 0.6) is 0 Å². The van der Waals surface area contributed by atoms with Crippen LogP contribution < -0.4 is 0 Å². The van der Waals surface area contributed by atoms with Crippen molar-refractivity contribution in [2.24, 2.45) is 5.92 Å². The number of aryl methyl sites for hydroxylation is 1. The highest BCUT2D eigenvalue weighted by molar-refractivity contribution is 5.97. The van der Waals surface area contributed by atoms with Gasteiger partial charge in [-0.3, -0.25) is 9.69 Å². The molecular formula is C15H21NO. The van der Waals surface area contributed by atoms with Gasteiger partial charge in [-0.15, -0.1) is 0 Å². The smallest absolute Gasteiger partial charge is 0.176 e. The molecule has 1 saturated heterocycles. The van der Waals surface area contributed by atoms with Crippen molar-refractivity contribution in [2.75, 3.05) is 19.6 Å². The molecule has 1 heterocycles. The van der Waals surface area contributed by atoms with Crippen LogP contribution in [0, 0.1) is 12.8 Å². The van der Waals surface area contributed by atoms with E-state index in [2.05, 4.69) is 11.8 Å². The molecule has 92 valence electrons. The molecule has 1 unspecified atom stereocenters. The van der Waals surface area contributed by atoms with Gasteiger partial charge in [0.15, 0.2) is 5.78 Å². The Hall–Kier alpha value is -1.15. The van der Waals surface area contributed by atoms with Crippen molar-refractivity contribution in [3.63, 3.8) is 0 Å². The van der Waals surface area contributed by atoms with E-state index in [0.29, 0.717) is 6.54 Å². The Labute approximate surface area is 104 Å². The summed E-state index contributed by atoms with van der Waals surface area (Å²) in [7, 11) is 0. The van der Waals surface area contributed by atoms with Gasteiger partial charge in [0.1, 0.15) is 0 Å². The van der Waals surface area contributed by atoms with Crippen molar-refractivity contribution >= 4 is 5.78 Å². The summed E-state index contributed by atoms with van der Waals surface area (Å²) >= 11 is 0. The van der Waals surface area contributed by atoms with Crippen LogP contribution in [-0.4, -0.2) is 30.3 Å². The average Bonchev–Trinajstić information content (AvgIpc) is 2.29. The summed E-state index contributed by atoms with van der Waals surface area (Å²) in [5.41, 5.74) is 2.04. The van der Waals surface area contributed by atoms with Crippen LogP contribution in [0.4, 0.5) is 0 Å². The van der Waals surface area contributed by atoms with E-state index in [0.717, 1.165) is 24.6 Å². The number of hydrogen-bond donors (Lipinski definition) is 0. The number of rotatable bonds is 3. The number of Topliss-reactive ketones (excluding diaryl/α,β-unsaturated/α-hetero) is 1. The van der Waals surface area contributed by atoms with E-state index in [-0.39, 0.29) is 5.78 Å². The van der Waals surface area contributed by atoms with E-state index in [1.807, 2.05) is 31.2 Å². The molecule has 1 aliphatic heterocycles. The summed E-state index contributed by atoms with van der Waals surface area (Å²) in [6, 6.07) is 7.88. The number of piperidine rings is 1. The van der Waals surface area contributed by atoms with Crippen LogP contribution >= 0.6 is 0 Å². The summed E-state index contributed by atoms with van der Waals surface area (Å²) in [6.07, 6.45) is 2.53. The predicted molar refractivity (Wildman–Crippen MR) is 70.3 cm³/mol. The monoisotopic (exact) mass is 231 g/mol. The van der Waals surface area contributed by atoms with E-state index < -0.39 is 0 Å². The minimum Gasteiger partial charge on any atom is -0.296 e.